The summed E-state index contributed by atoms with van der Waals surface area (Å²) in [6.07, 6.45) is 0. The number of aliphatic imine (C=N–C) groups is 1. The van der Waals surface area contributed by atoms with E-state index >= 15 is 0 Å². The predicted molar refractivity (Wildman–Crippen MR) is 113 cm³/mol. The molecule has 0 atom stereocenters. The Kier molecular flexibility index (Phi) is 11.9. The van der Waals surface area contributed by atoms with Gasteiger partial charge in [0.2, 0.25) is 5.91 Å². The van der Waals surface area contributed by atoms with Crippen molar-refractivity contribution in [1.29, 1.82) is 0 Å². The number of carbonyl (C=O) groups excluding carboxylic acids is 1. The van der Waals surface area contributed by atoms with Gasteiger partial charge in [-0.2, -0.15) is 0 Å². The van der Waals surface area contributed by atoms with Gasteiger partial charge in [-0.3, -0.25) is 4.79 Å². The van der Waals surface area contributed by atoms with Gasteiger partial charge in [-0.25, -0.2) is 4.99 Å². The molecule has 1 N–H and O–H groups in total. The molecule has 0 unspecified atom stereocenters. The number of nitrogens with one attached hydrogen (secondary N) is 1. The Morgan fingerprint density at radius 3 is 2.48 bits per heavy atom. The van der Waals surface area contributed by atoms with Gasteiger partial charge < -0.3 is 15.1 Å². The number of guanidine groups is 1. The highest BCUT2D eigenvalue weighted by Gasteiger charge is 2.15. The monoisotopic (exact) mass is 516 g/mol. The third-order valence-electron chi connectivity index (χ3n) is 3.19. The second kappa shape index (κ2) is 12.1. The zero-order valence-electron chi connectivity index (χ0n) is 14.1. The summed E-state index contributed by atoms with van der Waals surface area (Å²) >= 11 is 5.12. The summed E-state index contributed by atoms with van der Waals surface area (Å²) in [6, 6.07) is 2.07. The number of thiophene rings is 1. The van der Waals surface area contributed by atoms with Crippen LogP contribution in [0.15, 0.2) is 20.9 Å². The first kappa shape index (κ1) is 22.6. The second-order valence-corrected chi connectivity index (χ2v) is 6.73. The Balaban J connectivity index is 0.00000484. The molecular weight excluding hydrogens is 491 g/mol. The third-order valence-corrected chi connectivity index (χ3v) is 4.87. The van der Waals surface area contributed by atoms with Crippen molar-refractivity contribution < 1.29 is 4.79 Å². The Bertz CT molecular complexity index is 505. The summed E-state index contributed by atoms with van der Waals surface area (Å²) in [4.78, 5) is 21.7. The molecule has 1 amide bonds. The molecule has 23 heavy (non-hydrogen) atoms. The smallest absolute Gasteiger partial charge is 0.242 e. The average Bonchev–Trinajstić information content (AvgIpc) is 2.90. The predicted octanol–water partition coefficient (Wildman–Crippen LogP) is 3.39. The van der Waals surface area contributed by atoms with Crippen molar-refractivity contribution in [3.8, 4) is 0 Å². The van der Waals surface area contributed by atoms with Crippen LogP contribution in [0.1, 0.15) is 25.6 Å². The van der Waals surface area contributed by atoms with Crippen LogP contribution >= 0.6 is 51.2 Å². The van der Waals surface area contributed by atoms with Crippen LogP contribution < -0.4 is 5.32 Å². The SMILES string of the molecule is CCNC(=NCc1cc(Br)cs1)N(C)CC(=O)N(CC)CC.I. The summed E-state index contributed by atoms with van der Waals surface area (Å²) in [6.45, 7) is 9.21. The van der Waals surface area contributed by atoms with E-state index in [0.29, 0.717) is 13.1 Å². The van der Waals surface area contributed by atoms with Gasteiger partial charge in [-0.1, -0.05) is 0 Å². The van der Waals surface area contributed by atoms with Crippen LogP contribution in [-0.4, -0.2) is 54.9 Å². The highest BCUT2D eigenvalue weighted by atomic mass is 127. The van der Waals surface area contributed by atoms with E-state index in [1.165, 1.54) is 4.88 Å². The summed E-state index contributed by atoms with van der Waals surface area (Å²) in [7, 11) is 1.90. The highest BCUT2D eigenvalue weighted by Crippen LogP contribution is 2.20. The van der Waals surface area contributed by atoms with Gasteiger partial charge in [0, 0.05) is 41.4 Å². The Labute approximate surface area is 168 Å². The van der Waals surface area contributed by atoms with E-state index in [1.54, 1.807) is 11.3 Å². The van der Waals surface area contributed by atoms with Crippen LogP contribution in [0.3, 0.4) is 0 Å². The van der Waals surface area contributed by atoms with Crippen molar-refractivity contribution in [1.82, 2.24) is 15.1 Å². The molecule has 0 aliphatic heterocycles. The molecule has 0 spiro atoms. The van der Waals surface area contributed by atoms with Gasteiger partial charge in [0.05, 0.1) is 13.1 Å². The van der Waals surface area contributed by atoms with Crippen molar-refractivity contribution in [3.05, 3.63) is 20.8 Å². The fourth-order valence-corrected chi connectivity index (χ4v) is 3.39. The minimum Gasteiger partial charge on any atom is -0.357 e. The fraction of sp³-hybridized carbons (Fsp3) is 0.600. The van der Waals surface area contributed by atoms with Crippen molar-refractivity contribution in [2.45, 2.75) is 27.3 Å². The third kappa shape index (κ3) is 7.84. The van der Waals surface area contributed by atoms with E-state index in [9.17, 15) is 4.79 Å². The molecule has 0 bridgehead atoms. The first-order valence-electron chi connectivity index (χ1n) is 7.51. The van der Waals surface area contributed by atoms with Gasteiger partial charge >= 0.3 is 0 Å². The van der Waals surface area contributed by atoms with E-state index in [2.05, 4.69) is 32.3 Å². The fourth-order valence-electron chi connectivity index (χ4n) is 2.01. The Hall–Kier alpha value is -0.350. The van der Waals surface area contributed by atoms with E-state index in [4.69, 9.17) is 0 Å². The van der Waals surface area contributed by atoms with Gasteiger partial charge in [-0.15, -0.1) is 35.3 Å². The quantitative estimate of drug-likeness (QED) is 0.343. The van der Waals surface area contributed by atoms with E-state index < -0.39 is 0 Å². The lowest BCUT2D eigenvalue weighted by Gasteiger charge is -2.25. The minimum absolute atomic E-state index is 0. The van der Waals surface area contributed by atoms with Gasteiger partial charge in [0.25, 0.3) is 0 Å². The largest absolute Gasteiger partial charge is 0.357 e. The lowest BCUT2D eigenvalue weighted by molar-refractivity contribution is -0.131. The standard InChI is InChI=1S/C15H25BrN4OS.HI/c1-5-17-15(18-9-13-8-12(16)11-22-13)19(4)10-14(21)20(6-2)7-3;/h8,11H,5-7,9-10H2,1-4H3,(H,17,18);1H. The first-order valence-corrected chi connectivity index (χ1v) is 9.19. The first-order chi connectivity index (χ1) is 10.5. The molecule has 0 saturated heterocycles. The zero-order chi connectivity index (χ0) is 16.5. The molecule has 0 aromatic carbocycles. The van der Waals surface area contributed by atoms with Crippen LogP contribution in [-0.2, 0) is 11.3 Å². The topological polar surface area (TPSA) is 47.9 Å². The molecule has 8 heteroatoms. The van der Waals surface area contributed by atoms with E-state index in [-0.39, 0.29) is 29.9 Å². The number of amides is 1. The van der Waals surface area contributed by atoms with Crippen molar-refractivity contribution in [2.75, 3.05) is 33.2 Å². The van der Waals surface area contributed by atoms with Gasteiger partial charge in [0.1, 0.15) is 0 Å². The van der Waals surface area contributed by atoms with Crippen molar-refractivity contribution in [3.63, 3.8) is 0 Å². The van der Waals surface area contributed by atoms with Crippen LogP contribution in [0.5, 0.6) is 0 Å². The molecule has 0 radical (unpaired) electrons. The van der Waals surface area contributed by atoms with Crippen LogP contribution in [0.4, 0.5) is 0 Å². The van der Waals surface area contributed by atoms with Gasteiger partial charge in [-0.05, 0) is 42.8 Å². The van der Waals surface area contributed by atoms with Crippen molar-refractivity contribution >= 4 is 63.1 Å². The number of rotatable bonds is 7. The number of hydrogen-bond donors (Lipinski definition) is 1. The molecule has 0 saturated carbocycles. The van der Waals surface area contributed by atoms with Crippen molar-refractivity contribution in [2.24, 2.45) is 4.99 Å². The summed E-state index contributed by atoms with van der Waals surface area (Å²) < 4.78 is 1.08. The van der Waals surface area contributed by atoms with Crippen LogP contribution in [0.2, 0.25) is 0 Å². The molecule has 0 aliphatic carbocycles. The molecule has 1 aromatic heterocycles. The van der Waals surface area contributed by atoms with Gasteiger partial charge in [0.15, 0.2) is 5.96 Å². The molecule has 1 rings (SSSR count). The second-order valence-electron chi connectivity index (χ2n) is 4.82. The molecule has 1 aromatic rings. The lowest BCUT2D eigenvalue weighted by atomic mass is 10.4. The maximum Gasteiger partial charge on any atom is 0.242 e. The summed E-state index contributed by atoms with van der Waals surface area (Å²) in [5, 5.41) is 5.28. The average molecular weight is 517 g/mol. The molecular formula is C15H26BrIN4OS. The Morgan fingerprint density at radius 2 is 2.00 bits per heavy atom. The normalized spacial score (nSPS) is 10.9. The maximum absolute atomic E-state index is 12.2. The Morgan fingerprint density at radius 1 is 1.35 bits per heavy atom. The number of nitrogens with zero attached hydrogens (tertiary/aromatic N) is 3. The number of likely N-dealkylation sites (N-methyl/N-ethyl adjacent to an activating group) is 2. The lowest BCUT2D eigenvalue weighted by Crippen LogP contribution is -2.45. The number of hydrogen-bond acceptors (Lipinski definition) is 3. The van der Waals surface area contributed by atoms with Crippen LogP contribution in [0.25, 0.3) is 0 Å². The van der Waals surface area contributed by atoms with E-state index in [0.717, 1.165) is 30.1 Å². The van der Waals surface area contributed by atoms with Crippen LogP contribution in [0, 0.1) is 0 Å². The zero-order valence-corrected chi connectivity index (χ0v) is 18.9. The summed E-state index contributed by atoms with van der Waals surface area (Å²) in [5.74, 6) is 0.879. The molecule has 0 fully saturated rings. The number of carbonyl (C=O) groups is 1. The molecule has 0 aliphatic rings. The highest BCUT2D eigenvalue weighted by molar-refractivity contribution is 14.0. The molecule has 5 nitrogen and oxygen atoms in total. The molecule has 132 valence electrons. The number of halogens is 2. The minimum atomic E-state index is 0. The maximum atomic E-state index is 12.2. The summed E-state index contributed by atoms with van der Waals surface area (Å²) in [5.41, 5.74) is 0. The molecule has 1 heterocycles. The van der Waals surface area contributed by atoms with E-state index in [1.807, 2.05) is 43.0 Å².